The van der Waals surface area contributed by atoms with Crippen LogP contribution in [0.25, 0.3) is 0 Å². The van der Waals surface area contributed by atoms with Crippen LogP contribution in [-0.4, -0.2) is 23.2 Å². The van der Waals surface area contributed by atoms with Gasteiger partial charge in [0.15, 0.2) is 0 Å². The summed E-state index contributed by atoms with van der Waals surface area (Å²) in [6.07, 6.45) is 2.36. The minimum absolute atomic E-state index is 0.411. The van der Waals surface area contributed by atoms with Crippen LogP contribution in [0.15, 0.2) is 18.2 Å². The van der Waals surface area contributed by atoms with Gasteiger partial charge < -0.3 is 10.0 Å². The summed E-state index contributed by atoms with van der Waals surface area (Å²) < 4.78 is 0. The summed E-state index contributed by atoms with van der Waals surface area (Å²) in [5.74, 6) is -0.844. The predicted octanol–water partition coefficient (Wildman–Crippen LogP) is 3.07. The van der Waals surface area contributed by atoms with Gasteiger partial charge in [0.05, 0.1) is 5.56 Å². The summed E-state index contributed by atoms with van der Waals surface area (Å²) >= 11 is 0. The SMILES string of the molecule is Cc1c(C(=O)O)cccc1N1[C@H](C)CC[C@@H]1C. The van der Waals surface area contributed by atoms with Crippen LogP contribution in [0, 0.1) is 6.92 Å². The summed E-state index contributed by atoms with van der Waals surface area (Å²) in [7, 11) is 0. The highest BCUT2D eigenvalue weighted by Crippen LogP contribution is 2.33. The first-order valence-electron chi connectivity index (χ1n) is 6.13. The number of aromatic carboxylic acids is 1. The number of carboxylic acid groups (broad SMARTS) is 1. The first-order valence-corrected chi connectivity index (χ1v) is 6.13. The molecule has 3 nitrogen and oxygen atoms in total. The van der Waals surface area contributed by atoms with E-state index in [9.17, 15) is 4.79 Å². The molecule has 0 radical (unpaired) electrons. The average Bonchev–Trinajstić information content (AvgIpc) is 2.59. The molecule has 0 spiro atoms. The summed E-state index contributed by atoms with van der Waals surface area (Å²) in [4.78, 5) is 13.5. The quantitative estimate of drug-likeness (QED) is 0.853. The van der Waals surface area contributed by atoms with Crippen molar-refractivity contribution < 1.29 is 9.90 Å². The number of benzene rings is 1. The molecule has 92 valence electrons. The van der Waals surface area contributed by atoms with Gasteiger partial charge >= 0.3 is 5.97 Å². The van der Waals surface area contributed by atoms with Gasteiger partial charge in [-0.15, -0.1) is 0 Å². The Balaban J connectivity index is 2.45. The van der Waals surface area contributed by atoms with Crippen LogP contribution in [0.1, 0.15) is 42.6 Å². The molecule has 1 aromatic carbocycles. The average molecular weight is 233 g/mol. The van der Waals surface area contributed by atoms with E-state index in [0.717, 1.165) is 11.3 Å². The third-order valence-electron chi connectivity index (χ3n) is 3.77. The van der Waals surface area contributed by atoms with E-state index in [0.29, 0.717) is 17.6 Å². The first-order chi connectivity index (χ1) is 8.02. The Morgan fingerprint density at radius 2 is 1.88 bits per heavy atom. The normalized spacial score (nSPS) is 24.1. The van der Waals surface area contributed by atoms with E-state index in [2.05, 4.69) is 18.7 Å². The number of hydrogen-bond acceptors (Lipinski definition) is 2. The van der Waals surface area contributed by atoms with Crippen molar-refractivity contribution >= 4 is 11.7 Å². The lowest BCUT2D eigenvalue weighted by Gasteiger charge is -2.30. The van der Waals surface area contributed by atoms with Crippen LogP contribution in [0.4, 0.5) is 5.69 Å². The highest BCUT2D eigenvalue weighted by molar-refractivity contribution is 5.91. The van der Waals surface area contributed by atoms with E-state index in [1.807, 2.05) is 19.1 Å². The molecule has 1 heterocycles. The van der Waals surface area contributed by atoms with Gasteiger partial charge in [-0.2, -0.15) is 0 Å². The van der Waals surface area contributed by atoms with E-state index in [1.165, 1.54) is 12.8 Å². The molecule has 0 aliphatic carbocycles. The molecule has 3 heteroatoms. The highest BCUT2D eigenvalue weighted by atomic mass is 16.4. The summed E-state index contributed by atoms with van der Waals surface area (Å²) in [5.41, 5.74) is 2.36. The summed E-state index contributed by atoms with van der Waals surface area (Å²) in [5, 5.41) is 9.15. The smallest absolute Gasteiger partial charge is 0.336 e. The molecule has 1 fully saturated rings. The molecular weight excluding hydrogens is 214 g/mol. The Hall–Kier alpha value is -1.51. The molecule has 1 aromatic rings. The van der Waals surface area contributed by atoms with Gasteiger partial charge in [-0.05, 0) is 51.3 Å². The summed E-state index contributed by atoms with van der Waals surface area (Å²) in [6.45, 7) is 6.31. The Kier molecular flexibility index (Phi) is 3.09. The standard InChI is InChI=1S/C14H19NO2/c1-9-7-8-10(2)15(9)13-6-4-5-12(11(13)3)14(16)17/h4-6,9-10H,7-8H2,1-3H3,(H,16,17)/t9-,10+. The Morgan fingerprint density at radius 1 is 1.29 bits per heavy atom. The fourth-order valence-electron chi connectivity index (χ4n) is 2.80. The number of hydrogen-bond donors (Lipinski definition) is 1. The topological polar surface area (TPSA) is 40.5 Å². The zero-order valence-electron chi connectivity index (χ0n) is 10.6. The molecule has 0 unspecified atom stereocenters. The zero-order valence-corrected chi connectivity index (χ0v) is 10.6. The van der Waals surface area contributed by atoms with Gasteiger partial charge in [0.1, 0.15) is 0 Å². The van der Waals surface area contributed by atoms with Crippen LogP contribution < -0.4 is 4.90 Å². The number of carbonyl (C=O) groups is 1. The van der Waals surface area contributed by atoms with Crippen LogP contribution in [0.5, 0.6) is 0 Å². The molecule has 0 saturated carbocycles. The van der Waals surface area contributed by atoms with Gasteiger partial charge in [-0.3, -0.25) is 0 Å². The molecule has 1 saturated heterocycles. The third kappa shape index (κ3) is 2.02. The monoisotopic (exact) mass is 233 g/mol. The van der Waals surface area contributed by atoms with Gasteiger partial charge in [0.25, 0.3) is 0 Å². The van der Waals surface area contributed by atoms with Crippen LogP contribution in [0.2, 0.25) is 0 Å². The van der Waals surface area contributed by atoms with E-state index < -0.39 is 5.97 Å². The number of anilines is 1. The Labute approximate surface area is 102 Å². The van der Waals surface area contributed by atoms with Gasteiger partial charge in [-0.1, -0.05) is 6.07 Å². The minimum atomic E-state index is -0.844. The lowest BCUT2D eigenvalue weighted by molar-refractivity contribution is 0.0696. The van der Waals surface area contributed by atoms with Gasteiger partial charge in [0.2, 0.25) is 0 Å². The van der Waals surface area contributed by atoms with Crippen LogP contribution >= 0.6 is 0 Å². The molecule has 1 N–H and O–H groups in total. The predicted molar refractivity (Wildman–Crippen MR) is 68.8 cm³/mol. The van der Waals surface area contributed by atoms with Gasteiger partial charge in [-0.25, -0.2) is 4.79 Å². The van der Waals surface area contributed by atoms with Crippen molar-refractivity contribution in [3.63, 3.8) is 0 Å². The number of nitrogens with zero attached hydrogens (tertiary/aromatic N) is 1. The molecule has 2 rings (SSSR count). The van der Waals surface area contributed by atoms with E-state index >= 15 is 0 Å². The van der Waals surface area contributed by atoms with Crippen molar-refractivity contribution in [2.45, 2.75) is 45.7 Å². The lowest BCUT2D eigenvalue weighted by Crippen LogP contribution is -2.33. The van der Waals surface area contributed by atoms with E-state index in [-0.39, 0.29) is 0 Å². The maximum Gasteiger partial charge on any atom is 0.336 e. The van der Waals surface area contributed by atoms with Crippen molar-refractivity contribution in [3.05, 3.63) is 29.3 Å². The highest BCUT2D eigenvalue weighted by Gasteiger charge is 2.29. The number of rotatable bonds is 2. The maximum absolute atomic E-state index is 11.1. The fourth-order valence-corrected chi connectivity index (χ4v) is 2.80. The van der Waals surface area contributed by atoms with Crippen molar-refractivity contribution in [2.24, 2.45) is 0 Å². The number of carboxylic acids is 1. The molecule has 1 aliphatic rings. The fraction of sp³-hybridized carbons (Fsp3) is 0.500. The third-order valence-corrected chi connectivity index (χ3v) is 3.77. The molecule has 17 heavy (non-hydrogen) atoms. The van der Waals surface area contributed by atoms with E-state index in [1.54, 1.807) is 6.07 Å². The second-order valence-corrected chi connectivity index (χ2v) is 4.94. The minimum Gasteiger partial charge on any atom is -0.478 e. The molecule has 0 bridgehead atoms. The van der Waals surface area contributed by atoms with Crippen LogP contribution in [-0.2, 0) is 0 Å². The molecule has 0 aromatic heterocycles. The van der Waals surface area contributed by atoms with Crippen molar-refractivity contribution in [3.8, 4) is 0 Å². The second-order valence-electron chi connectivity index (χ2n) is 4.94. The lowest BCUT2D eigenvalue weighted by atomic mass is 10.0. The van der Waals surface area contributed by atoms with Crippen molar-refractivity contribution in [1.29, 1.82) is 0 Å². The Bertz CT molecular complexity index is 432. The summed E-state index contributed by atoms with van der Waals surface area (Å²) in [6, 6.07) is 6.52. The van der Waals surface area contributed by atoms with Crippen molar-refractivity contribution in [1.82, 2.24) is 0 Å². The Morgan fingerprint density at radius 3 is 2.41 bits per heavy atom. The van der Waals surface area contributed by atoms with Crippen LogP contribution in [0.3, 0.4) is 0 Å². The van der Waals surface area contributed by atoms with Gasteiger partial charge in [0, 0.05) is 17.8 Å². The maximum atomic E-state index is 11.1. The second kappa shape index (κ2) is 4.40. The molecular formula is C14H19NO2. The van der Waals surface area contributed by atoms with Crippen molar-refractivity contribution in [2.75, 3.05) is 4.90 Å². The largest absolute Gasteiger partial charge is 0.478 e. The van der Waals surface area contributed by atoms with E-state index in [4.69, 9.17) is 5.11 Å². The molecule has 2 atom stereocenters. The zero-order chi connectivity index (χ0) is 12.6. The first kappa shape index (κ1) is 12.0. The molecule has 0 amide bonds. The molecule has 1 aliphatic heterocycles.